The highest BCUT2D eigenvalue weighted by molar-refractivity contribution is 7.88. The van der Waals surface area contributed by atoms with E-state index in [-0.39, 0.29) is 11.9 Å². The third kappa shape index (κ3) is 4.68. The van der Waals surface area contributed by atoms with Gasteiger partial charge in [-0.25, -0.2) is 8.42 Å². The van der Waals surface area contributed by atoms with Crippen LogP contribution in [0.1, 0.15) is 13.8 Å². The molecule has 0 bridgehead atoms. The zero-order chi connectivity index (χ0) is 17.0. The summed E-state index contributed by atoms with van der Waals surface area (Å²) in [6.07, 6.45) is 1.21. The Hall–Kier alpha value is -1.60. The van der Waals surface area contributed by atoms with Gasteiger partial charge < -0.3 is 9.80 Å². The van der Waals surface area contributed by atoms with E-state index >= 15 is 0 Å². The smallest absolute Gasteiger partial charge is 0.242 e. The third-order valence-electron chi connectivity index (χ3n) is 4.08. The molecular formula is C16H25N3O3S. The molecule has 0 aliphatic carbocycles. The molecule has 7 heteroatoms. The lowest BCUT2D eigenvalue weighted by Crippen LogP contribution is -2.53. The van der Waals surface area contributed by atoms with Crippen molar-refractivity contribution in [3.05, 3.63) is 30.3 Å². The van der Waals surface area contributed by atoms with Crippen LogP contribution in [0.15, 0.2) is 30.3 Å². The van der Waals surface area contributed by atoms with Crippen LogP contribution in [0.5, 0.6) is 0 Å². The molecule has 1 amide bonds. The van der Waals surface area contributed by atoms with Gasteiger partial charge in [-0.2, -0.15) is 4.31 Å². The largest absolute Gasteiger partial charge is 0.360 e. The van der Waals surface area contributed by atoms with Crippen LogP contribution in [-0.2, 0) is 14.8 Å². The van der Waals surface area contributed by atoms with Crippen molar-refractivity contribution in [2.45, 2.75) is 19.9 Å². The Labute approximate surface area is 138 Å². The van der Waals surface area contributed by atoms with Crippen LogP contribution >= 0.6 is 0 Å². The van der Waals surface area contributed by atoms with Crippen molar-refractivity contribution in [2.24, 2.45) is 0 Å². The number of carbonyl (C=O) groups is 1. The lowest BCUT2D eigenvalue weighted by Gasteiger charge is -2.36. The number of hydrogen-bond donors (Lipinski definition) is 0. The minimum atomic E-state index is -3.17. The van der Waals surface area contributed by atoms with Gasteiger partial charge in [0.05, 0.1) is 12.8 Å². The molecule has 1 aromatic rings. The van der Waals surface area contributed by atoms with Crippen LogP contribution in [0.3, 0.4) is 0 Å². The van der Waals surface area contributed by atoms with Gasteiger partial charge in [0.1, 0.15) is 0 Å². The summed E-state index contributed by atoms with van der Waals surface area (Å²) in [5.41, 5.74) is 1.02. The van der Waals surface area contributed by atoms with Gasteiger partial charge in [0.15, 0.2) is 0 Å². The summed E-state index contributed by atoms with van der Waals surface area (Å²) in [6.45, 7) is 6.07. The van der Waals surface area contributed by atoms with Crippen molar-refractivity contribution < 1.29 is 13.2 Å². The number of rotatable bonds is 5. The minimum Gasteiger partial charge on any atom is -0.360 e. The summed E-state index contributed by atoms with van der Waals surface area (Å²) in [5.74, 6) is 0.0377. The van der Waals surface area contributed by atoms with Crippen molar-refractivity contribution in [1.82, 2.24) is 9.21 Å². The maximum Gasteiger partial charge on any atom is 0.242 e. The van der Waals surface area contributed by atoms with Crippen LogP contribution in [0, 0.1) is 0 Å². The maximum absolute atomic E-state index is 12.6. The second kappa shape index (κ2) is 7.31. The molecule has 0 saturated carbocycles. The number of para-hydroxylation sites is 1. The van der Waals surface area contributed by atoms with E-state index in [4.69, 9.17) is 0 Å². The first-order valence-corrected chi connectivity index (χ1v) is 9.68. The molecule has 1 heterocycles. The molecule has 6 nitrogen and oxygen atoms in total. The first kappa shape index (κ1) is 17.7. The van der Waals surface area contributed by atoms with E-state index in [2.05, 4.69) is 18.7 Å². The average molecular weight is 339 g/mol. The normalized spacial score (nSPS) is 16.6. The van der Waals surface area contributed by atoms with Crippen molar-refractivity contribution in [3.63, 3.8) is 0 Å². The third-order valence-corrected chi connectivity index (χ3v) is 5.38. The molecule has 0 spiro atoms. The molecule has 0 aromatic heterocycles. The quantitative estimate of drug-likeness (QED) is 0.803. The molecular weight excluding hydrogens is 314 g/mol. The summed E-state index contributed by atoms with van der Waals surface area (Å²) in [7, 11) is -3.17. The van der Waals surface area contributed by atoms with Gasteiger partial charge in [-0.15, -0.1) is 0 Å². The van der Waals surface area contributed by atoms with Crippen molar-refractivity contribution in [3.8, 4) is 0 Å². The monoisotopic (exact) mass is 339 g/mol. The van der Waals surface area contributed by atoms with Gasteiger partial charge in [0.25, 0.3) is 0 Å². The number of benzene rings is 1. The van der Waals surface area contributed by atoms with E-state index in [1.807, 2.05) is 30.3 Å². The van der Waals surface area contributed by atoms with Crippen LogP contribution in [0.25, 0.3) is 0 Å². The highest BCUT2D eigenvalue weighted by Gasteiger charge is 2.27. The highest BCUT2D eigenvalue weighted by atomic mass is 32.2. The topological polar surface area (TPSA) is 60.9 Å². The zero-order valence-corrected chi connectivity index (χ0v) is 14.8. The van der Waals surface area contributed by atoms with Crippen molar-refractivity contribution in [2.75, 3.05) is 43.9 Å². The molecule has 1 aromatic carbocycles. The zero-order valence-electron chi connectivity index (χ0n) is 14.0. The molecule has 1 fully saturated rings. The second-order valence-corrected chi connectivity index (χ2v) is 8.08. The maximum atomic E-state index is 12.6. The molecule has 1 aliphatic rings. The average Bonchev–Trinajstić information content (AvgIpc) is 2.52. The van der Waals surface area contributed by atoms with Crippen LogP contribution in [0.4, 0.5) is 5.69 Å². The number of sulfonamides is 1. The van der Waals surface area contributed by atoms with Crippen molar-refractivity contribution in [1.29, 1.82) is 0 Å². The standard InChI is InChI=1S/C16H25N3O3S/c1-14(2)19(15-7-5-4-6-8-15)13-16(20)17-9-11-18(12-10-17)23(3,21)22/h4-8,14H,9-13H2,1-3H3. The van der Waals surface area contributed by atoms with E-state index in [1.54, 1.807) is 4.90 Å². The van der Waals surface area contributed by atoms with E-state index < -0.39 is 10.0 Å². The number of amides is 1. The SMILES string of the molecule is CC(C)N(CC(=O)N1CCN(S(C)(=O)=O)CC1)c1ccccc1. The molecule has 2 rings (SSSR count). The molecule has 23 heavy (non-hydrogen) atoms. The first-order chi connectivity index (χ1) is 10.8. The van der Waals surface area contributed by atoms with Gasteiger partial charge in [0, 0.05) is 37.9 Å². The first-order valence-electron chi connectivity index (χ1n) is 7.83. The van der Waals surface area contributed by atoms with Gasteiger partial charge in [0.2, 0.25) is 15.9 Å². The highest BCUT2D eigenvalue weighted by Crippen LogP contribution is 2.17. The molecule has 128 valence electrons. The number of nitrogens with zero attached hydrogens (tertiary/aromatic N) is 3. The Bertz CT molecular complexity index is 623. The second-order valence-electron chi connectivity index (χ2n) is 6.10. The molecule has 0 radical (unpaired) electrons. The summed E-state index contributed by atoms with van der Waals surface area (Å²) >= 11 is 0. The minimum absolute atomic E-state index is 0.0377. The Morgan fingerprint density at radius 1 is 1.13 bits per heavy atom. The Kier molecular flexibility index (Phi) is 5.64. The molecule has 1 aliphatic heterocycles. The number of hydrogen-bond acceptors (Lipinski definition) is 4. The van der Waals surface area contributed by atoms with Crippen LogP contribution in [-0.4, -0.2) is 68.6 Å². The fraction of sp³-hybridized carbons (Fsp3) is 0.562. The number of piperazine rings is 1. The Morgan fingerprint density at radius 3 is 2.17 bits per heavy atom. The lowest BCUT2D eigenvalue weighted by atomic mass is 10.2. The summed E-state index contributed by atoms with van der Waals surface area (Å²) in [5, 5.41) is 0. The number of carbonyl (C=O) groups excluding carboxylic acids is 1. The fourth-order valence-corrected chi connectivity index (χ4v) is 3.53. The predicted octanol–water partition coefficient (Wildman–Crippen LogP) is 1.01. The van der Waals surface area contributed by atoms with Gasteiger partial charge in [-0.05, 0) is 26.0 Å². The van der Waals surface area contributed by atoms with E-state index in [1.165, 1.54) is 10.6 Å². The van der Waals surface area contributed by atoms with Gasteiger partial charge >= 0.3 is 0 Å². The summed E-state index contributed by atoms with van der Waals surface area (Å²) < 4.78 is 24.5. The Balaban J connectivity index is 1.98. The fourth-order valence-electron chi connectivity index (χ4n) is 2.71. The predicted molar refractivity (Wildman–Crippen MR) is 91.9 cm³/mol. The molecule has 0 N–H and O–H groups in total. The summed E-state index contributed by atoms with van der Waals surface area (Å²) in [4.78, 5) is 16.4. The molecule has 1 saturated heterocycles. The molecule has 0 atom stereocenters. The molecule has 0 unspecified atom stereocenters. The Morgan fingerprint density at radius 2 is 1.70 bits per heavy atom. The lowest BCUT2D eigenvalue weighted by molar-refractivity contribution is -0.130. The van der Waals surface area contributed by atoms with E-state index in [9.17, 15) is 13.2 Å². The van der Waals surface area contributed by atoms with Crippen LogP contribution in [0.2, 0.25) is 0 Å². The van der Waals surface area contributed by atoms with Crippen LogP contribution < -0.4 is 4.90 Å². The van der Waals surface area contributed by atoms with E-state index in [0.717, 1.165) is 5.69 Å². The summed E-state index contributed by atoms with van der Waals surface area (Å²) in [6, 6.07) is 10.1. The van der Waals surface area contributed by atoms with E-state index in [0.29, 0.717) is 32.7 Å². The van der Waals surface area contributed by atoms with Gasteiger partial charge in [-0.3, -0.25) is 4.79 Å². The number of anilines is 1. The van der Waals surface area contributed by atoms with Crippen molar-refractivity contribution >= 4 is 21.6 Å². The van der Waals surface area contributed by atoms with Gasteiger partial charge in [-0.1, -0.05) is 18.2 Å².